The normalized spacial score (nSPS) is 11.5. The molecule has 0 spiro atoms. The van der Waals surface area contributed by atoms with E-state index >= 15 is 0 Å². The first-order valence-electron chi connectivity index (χ1n) is 6.87. The average molecular weight is 329 g/mol. The Labute approximate surface area is 134 Å². The third-order valence-electron chi connectivity index (χ3n) is 3.20. The minimum absolute atomic E-state index is 0.0000562. The van der Waals surface area contributed by atoms with E-state index in [1.807, 2.05) is 24.3 Å². The van der Waals surface area contributed by atoms with Gasteiger partial charge in [-0.25, -0.2) is 18.1 Å². The number of imidazole rings is 1. The molecule has 23 heavy (non-hydrogen) atoms. The van der Waals surface area contributed by atoms with E-state index in [1.165, 1.54) is 12.5 Å². The lowest BCUT2D eigenvalue weighted by atomic mass is 10.1. The van der Waals surface area contributed by atoms with E-state index in [4.69, 9.17) is 0 Å². The number of aryl methyl sites for hydroxylation is 1. The minimum Gasteiger partial charge on any atom is -0.339 e. The van der Waals surface area contributed by atoms with Crippen LogP contribution in [0.25, 0.3) is 11.3 Å². The molecular weight excluding hydrogens is 314 g/mol. The lowest BCUT2D eigenvalue weighted by Crippen LogP contribution is -2.23. The third kappa shape index (κ3) is 3.61. The highest BCUT2D eigenvalue weighted by molar-refractivity contribution is 7.89. The van der Waals surface area contributed by atoms with Gasteiger partial charge in [0.15, 0.2) is 5.03 Å². The molecule has 3 aromatic rings. The standard InChI is InChI=1S/C15H15N5O2S/c1-20-10-15(18-11-20)23(21,22)19-8-12-4-5-14(17-7-12)13-3-2-6-16-9-13/h2-7,9-11,19H,8H2,1H3. The molecule has 0 aliphatic rings. The van der Waals surface area contributed by atoms with E-state index in [1.54, 1.807) is 30.2 Å². The molecule has 0 saturated carbocycles. The number of hydrogen-bond donors (Lipinski definition) is 1. The van der Waals surface area contributed by atoms with Crippen molar-refractivity contribution in [3.05, 3.63) is 60.9 Å². The van der Waals surface area contributed by atoms with Crippen LogP contribution in [0.5, 0.6) is 0 Å². The van der Waals surface area contributed by atoms with Crippen molar-refractivity contribution in [2.45, 2.75) is 11.6 Å². The first kappa shape index (κ1) is 15.3. The van der Waals surface area contributed by atoms with Crippen LogP contribution in [0, 0.1) is 0 Å². The predicted octanol–water partition coefficient (Wildman–Crippen LogP) is 1.36. The van der Waals surface area contributed by atoms with Gasteiger partial charge in [0.05, 0.1) is 12.0 Å². The van der Waals surface area contributed by atoms with Crippen molar-refractivity contribution >= 4 is 10.0 Å². The smallest absolute Gasteiger partial charge is 0.259 e. The molecule has 7 nitrogen and oxygen atoms in total. The predicted molar refractivity (Wildman–Crippen MR) is 84.7 cm³/mol. The van der Waals surface area contributed by atoms with Gasteiger partial charge in [0.25, 0.3) is 10.0 Å². The van der Waals surface area contributed by atoms with Crippen LogP contribution in [0.2, 0.25) is 0 Å². The molecule has 0 bridgehead atoms. The molecule has 1 N–H and O–H groups in total. The monoisotopic (exact) mass is 329 g/mol. The van der Waals surface area contributed by atoms with Crippen LogP contribution in [0.4, 0.5) is 0 Å². The molecule has 0 aliphatic carbocycles. The van der Waals surface area contributed by atoms with Gasteiger partial charge < -0.3 is 4.57 Å². The molecule has 0 aliphatic heterocycles. The zero-order valence-electron chi connectivity index (χ0n) is 12.4. The summed E-state index contributed by atoms with van der Waals surface area (Å²) in [5.41, 5.74) is 2.46. The number of rotatable bonds is 5. The number of aromatic nitrogens is 4. The zero-order chi connectivity index (χ0) is 16.3. The molecule has 3 aromatic heterocycles. The number of sulfonamides is 1. The van der Waals surface area contributed by atoms with Crippen molar-refractivity contribution in [3.8, 4) is 11.3 Å². The highest BCUT2D eigenvalue weighted by Crippen LogP contribution is 2.15. The third-order valence-corrected chi connectivity index (χ3v) is 4.49. The summed E-state index contributed by atoms with van der Waals surface area (Å²) in [7, 11) is -1.90. The quantitative estimate of drug-likeness (QED) is 0.763. The SMILES string of the molecule is Cn1cnc(S(=O)(=O)NCc2ccc(-c3cccnc3)nc2)c1. The largest absolute Gasteiger partial charge is 0.339 e. The van der Waals surface area contributed by atoms with Crippen LogP contribution < -0.4 is 4.72 Å². The molecule has 118 valence electrons. The molecule has 3 heterocycles. The molecular formula is C15H15N5O2S. The van der Waals surface area contributed by atoms with Crippen molar-refractivity contribution in [2.75, 3.05) is 0 Å². The van der Waals surface area contributed by atoms with Gasteiger partial charge in [0, 0.05) is 43.9 Å². The topological polar surface area (TPSA) is 89.8 Å². The van der Waals surface area contributed by atoms with Crippen LogP contribution in [0.1, 0.15) is 5.56 Å². The Morgan fingerprint density at radius 1 is 1.17 bits per heavy atom. The van der Waals surface area contributed by atoms with Gasteiger partial charge in [0.1, 0.15) is 0 Å². The second-order valence-corrected chi connectivity index (χ2v) is 6.71. The Balaban J connectivity index is 1.69. The summed E-state index contributed by atoms with van der Waals surface area (Å²) in [6.45, 7) is 0.152. The molecule has 0 amide bonds. The van der Waals surface area contributed by atoms with Crippen LogP contribution in [-0.4, -0.2) is 27.9 Å². The molecule has 3 rings (SSSR count). The zero-order valence-corrected chi connectivity index (χ0v) is 13.2. The second kappa shape index (κ2) is 6.27. The lowest BCUT2D eigenvalue weighted by Gasteiger charge is -2.05. The fourth-order valence-electron chi connectivity index (χ4n) is 1.99. The van der Waals surface area contributed by atoms with Crippen molar-refractivity contribution in [1.82, 2.24) is 24.2 Å². The average Bonchev–Trinajstić information content (AvgIpc) is 3.02. The highest BCUT2D eigenvalue weighted by Gasteiger charge is 2.16. The Bertz CT molecular complexity index is 889. The summed E-state index contributed by atoms with van der Waals surface area (Å²) in [5, 5.41) is -0.0000562. The van der Waals surface area contributed by atoms with Gasteiger partial charge in [-0.2, -0.15) is 0 Å². The second-order valence-electron chi connectivity index (χ2n) is 5.00. The Hall–Kier alpha value is -2.58. The summed E-state index contributed by atoms with van der Waals surface area (Å²) in [5.74, 6) is 0. The van der Waals surface area contributed by atoms with Crippen LogP contribution in [0.3, 0.4) is 0 Å². The maximum atomic E-state index is 12.1. The van der Waals surface area contributed by atoms with E-state index in [0.717, 1.165) is 16.8 Å². The van der Waals surface area contributed by atoms with Crippen molar-refractivity contribution in [3.63, 3.8) is 0 Å². The summed E-state index contributed by atoms with van der Waals surface area (Å²) >= 11 is 0. The van der Waals surface area contributed by atoms with E-state index in [2.05, 4.69) is 19.7 Å². The maximum absolute atomic E-state index is 12.1. The van der Waals surface area contributed by atoms with Crippen LogP contribution >= 0.6 is 0 Å². The summed E-state index contributed by atoms with van der Waals surface area (Å²) in [6, 6.07) is 7.42. The minimum atomic E-state index is -3.62. The van der Waals surface area contributed by atoms with Gasteiger partial charge in [-0.3, -0.25) is 9.97 Å². The van der Waals surface area contributed by atoms with Gasteiger partial charge in [-0.05, 0) is 23.8 Å². The van der Waals surface area contributed by atoms with Gasteiger partial charge >= 0.3 is 0 Å². The van der Waals surface area contributed by atoms with E-state index in [-0.39, 0.29) is 11.6 Å². The van der Waals surface area contributed by atoms with E-state index in [0.29, 0.717) is 0 Å². The fourth-order valence-corrected chi connectivity index (χ4v) is 2.99. The molecule has 8 heteroatoms. The van der Waals surface area contributed by atoms with E-state index in [9.17, 15) is 8.42 Å². The Kier molecular flexibility index (Phi) is 4.18. The van der Waals surface area contributed by atoms with Crippen molar-refractivity contribution in [1.29, 1.82) is 0 Å². The van der Waals surface area contributed by atoms with Gasteiger partial charge in [-0.15, -0.1) is 0 Å². The molecule has 0 radical (unpaired) electrons. The first-order valence-corrected chi connectivity index (χ1v) is 8.36. The number of pyridine rings is 2. The summed E-state index contributed by atoms with van der Waals surface area (Å²) in [4.78, 5) is 12.2. The van der Waals surface area contributed by atoms with Crippen molar-refractivity contribution < 1.29 is 8.42 Å². The number of hydrogen-bond acceptors (Lipinski definition) is 5. The highest BCUT2D eigenvalue weighted by atomic mass is 32.2. The Morgan fingerprint density at radius 2 is 2.04 bits per heavy atom. The lowest BCUT2D eigenvalue weighted by molar-refractivity contribution is 0.578. The first-order chi connectivity index (χ1) is 11.0. The van der Waals surface area contributed by atoms with Crippen LogP contribution in [0.15, 0.2) is 60.4 Å². The molecule has 0 atom stereocenters. The summed E-state index contributed by atoms with van der Waals surface area (Å²) in [6.07, 6.45) is 7.96. The van der Waals surface area contributed by atoms with Crippen molar-refractivity contribution in [2.24, 2.45) is 7.05 Å². The summed E-state index contributed by atoms with van der Waals surface area (Å²) < 4.78 is 28.3. The van der Waals surface area contributed by atoms with E-state index < -0.39 is 10.0 Å². The molecule has 0 saturated heterocycles. The molecule has 0 unspecified atom stereocenters. The molecule has 0 aromatic carbocycles. The van der Waals surface area contributed by atoms with Gasteiger partial charge in [-0.1, -0.05) is 6.07 Å². The van der Waals surface area contributed by atoms with Crippen LogP contribution in [-0.2, 0) is 23.6 Å². The maximum Gasteiger partial charge on any atom is 0.259 e. The molecule has 0 fully saturated rings. The number of nitrogens with zero attached hydrogens (tertiary/aromatic N) is 4. The Morgan fingerprint density at radius 3 is 2.65 bits per heavy atom. The van der Waals surface area contributed by atoms with Gasteiger partial charge in [0.2, 0.25) is 0 Å². The number of nitrogens with one attached hydrogen (secondary N) is 1. The fraction of sp³-hybridized carbons (Fsp3) is 0.133.